The highest BCUT2D eigenvalue weighted by Crippen LogP contribution is 2.39. The fourth-order valence-corrected chi connectivity index (χ4v) is 6.04. The lowest BCUT2D eigenvalue weighted by molar-refractivity contribution is 0.413. The summed E-state index contributed by atoms with van der Waals surface area (Å²) in [5.41, 5.74) is 15.5. The molecule has 0 bridgehead atoms. The third kappa shape index (κ3) is 6.49. The molecule has 0 fully saturated rings. The number of ether oxygens (including phenoxy) is 1. The molecule has 9 heteroatoms. The first kappa shape index (κ1) is 31.9. The Bertz CT molecular complexity index is 1740. The number of rotatable bonds is 12. The Balaban J connectivity index is 1.68. The van der Waals surface area contributed by atoms with Gasteiger partial charge in [-0.1, -0.05) is 44.7 Å². The minimum atomic E-state index is 0.116. The highest BCUT2D eigenvalue weighted by Gasteiger charge is 2.23. The molecule has 45 heavy (non-hydrogen) atoms. The van der Waals surface area contributed by atoms with Gasteiger partial charge in [0.25, 0.3) is 0 Å². The van der Waals surface area contributed by atoms with Crippen molar-refractivity contribution < 1.29 is 4.74 Å². The Morgan fingerprint density at radius 1 is 1.22 bits per heavy atom. The maximum atomic E-state index is 6.65. The lowest BCUT2D eigenvalue weighted by Gasteiger charge is -2.25. The van der Waals surface area contributed by atoms with Crippen LogP contribution in [0.4, 0.5) is 17.1 Å². The van der Waals surface area contributed by atoms with Crippen LogP contribution in [0, 0.1) is 5.92 Å². The second kappa shape index (κ2) is 13.6. The van der Waals surface area contributed by atoms with Crippen LogP contribution in [0.25, 0.3) is 22.2 Å². The number of anilines is 3. The Kier molecular flexibility index (Phi) is 9.68. The number of nitrogens with zero attached hydrogens (tertiary/aromatic N) is 6. The van der Waals surface area contributed by atoms with Crippen LogP contribution in [-0.4, -0.2) is 66.4 Å². The Morgan fingerprint density at radius 3 is 2.69 bits per heavy atom. The van der Waals surface area contributed by atoms with E-state index in [2.05, 4.69) is 90.7 Å². The Hall–Kier alpha value is -4.50. The first-order chi connectivity index (χ1) is 21.7. The van der Waals surface area contributed by atoms with Gasteiger partial charge in [0.15, 0.2) is 0 Å². The van der Waals surface area contributed by atoms with Crippen molar-refractivity contribution >= 4 is 45.1 Å². The first-order valence-electron chi connectivity index (χ1n) is 15.8. The highest BCUT2D eigenvalue weighted by atomic mass is 16.5. The number of aliphatic imine (C=N–C) groups is 1. The van der Waals surface area contributed by atoms with Crippen LogP contribution in [0.15, 0.2) is 66.4 Å². The summed E-state index contributed by atoms with van der Waals surface area (Å²) < 4.78 is 10.2. The lowest BCUT2D eigenvalue weighted by Crippen LogP contribution is -2.29. The number of likely N-dealkylation sites (N-methyl/N-ethyl adjacent to an activating group) is 2. The zero-order valence-electron chi connectivity index (χ0n) is 27.9. The van der Waals surface area contributed by atoms with Crippen LogP contribution in [0.2, 0.25) is 0 Å². The predicted molar refractivity (Wildman–Crippen MR) is 190 cm³/mol. The summed E-state index contributed by atoms with van der Waals surface area (Å²) >= 11 is 0. The molecule has 0 saturated carbocycles. The third-order valence-corrected chi connectivity index (χ3v) is 8.86. The van der Waals surface area contributed by atoms with Crippen molar-refractivity contribution in [1.82, 2.24) is 19.2 Å². The molecule has 2 aromatic carbocycles. The number of nitrogens with two attached hydrogens (primary N) is 1. The molecule has 0 radical (unpaired) electrons. The third-order valence-electron chi connectivity index (χ3n) is 8.86. The van der Waals surface area contributed by atoms with E-state index in [9.17, 15) is 0 Å². The van der Waals surface area contributed by atoms with E-state index in [1.807, 2.05) is 42.2 Å². The first-order valence-corrected chi connectivity index (χ1v) is 15.8. The molecule has 3 heterocycles. The fourth-order valence-electron chi connectivity index (χ4n) is 6.04. The van der Waals surface area contributed by atoms with E-state index in [0.717, 1.165) is 78.6 Å². The van der Waals surface area contributed by atoms with Crippen molar-refractivity contribution in [3.8, 4) is 5.75 Å². The normalized spacial score (nSPS) is 14.4. The standard InChI is InChI=1S/C36H48N8O/c1-9-24(3)36(39-30-21-29(37)32(22-33(30)45-8)42(6)20-19-41(4)5)40-34(26(10-2)31-16-17-38-43(31)7)28-23-44-18-12-14-25-13-11-15-27(28)35(25)44/h10-11,13,15-17,21-24H,2,9,12,14,18-20,37H2,1,3-8H3,(H,39,40)/b34-26+. The summed E-state index contributed by atoms with van der Waals surface area (Å²) in [5, 5.41) is 9.33. The van der Waals surface area contributed by atoms with Crippen LogP contribution < -0.4 is 20.7 Å². The molecule has 2 aromatic heterocycles. The quantitative estimate of drug-likeness (QED) is 0.0824. The van der Waals surface area contributed by atoms with Crippen molar-refractivity contribution in [3.63, 3.8) is 0 Å². The van der Waals surface area contributed by atoms with Gasteiger partial charge < -0.3 is 30.2 Å². The minimum absolute atomic E-state index is 0.116. The van der Waals surface area contributed by atoms with Crippen molar-refractivity contribution in [2.75, 3.05) is 57.3 Å². The van der Waals surface area contributed by atoms with Crippen LogP contribution >= 0.6 is 0 Å². The summed E-state index contributed by atoms with van der Waals surface area (Å²) in [6.45, 7) is 11.4. The van der Waals surface area contributed by atoms with Crippen molar-refractivity contribution in [2.45, 2.75) is 39.7 Å². The molecule has 0 aliphatic carbocycles. The van der Waals surface area contributed by atoms with E-state index in [-0.39, 0.29) is 5.92 Å². The summed E-state index contributed by atoms with van der Waals surface area (Å²) in [6, 6.07) is 12.6. The molecule has 1 atom stereocenters. The zero-order valence-corrected chi connectivity index (χ0v) is 27.9. The zero-order chi connectivity index (χ0) is 32.2. The van der Waals surface area contributed by atoms with Crippen LogP contribution in [0.5, 0.6) is 5.75 Å². The van der Waals surface area contributed by atoms with Crippen LogP contribution in [-0.2, 0) is 20.0 Å². The molecule has 238 valence electrons. The molecule has 3 N–H and O–H groups in total. The van der Waals surface area contributed by atoms with Gasteiger partial charge in [0, 0.05) is 74.6 Å². The number of nitrogens with one attached hydrogen (secondary N) is 1. The average Bonchev–Trinajstić information content (AvgIpc) is 3.63. The molecule has 1 aliphatic heterocycles. The Morgan fingerprint density at radius 2 is 2.02 bits per heavy atom. The van der Waals surface area contributed by atoms with Crippen LogP contribution in [0.1, 0.15) is 43.5 Å². The number of methoxy groups -OCH3 is 1. The molecular weight excluding hydrogens is 560 g/mol. The lowest BCUT2D eigenvalue weighted by atomic mass is 9.99. The van der Waals surface area contributed by atoms with Gasteiger partial charge in [0.05, 0.1) is 41.1 Å². The largest absolute Gasteiger partial charge is 0.494 e. The van der Waals surface area contributed by atoms with Gasteiger partial charge in [-0.2, -0.15) is 5.10 Å². The number of aromatic nitrogens is 3. The Labute approximate surface area is 267 Å². The summed E-state index contributed by atoms with van der Waals surface area (Å²) in [4.78, 5) is 9.81. The second-order valence-electron chi connectivity index (χ2n) is 12.2. The van der Waals surface area contributed by atoms with Gasteiger partial charge >= 0.3 is 0 Å². The van der Waals surface area contributed by atoms with E-state index in [1.54, 1.807) is 7.11 Å². The number of allylic oxidation sites excluding steroid dienone is 2. The van der Waals surface area contributed by atoms with Gasteiger partial charge in [0.2, 0.25) is 0 Å². The number of amidine groups is 1. The van der Waals surface area contributed by atoms with E-state index in [1.165, 1.54) is 16.5 Å². The maximum absolute atomic E-state index is 6.65. The molecular formula is C36H48N8O. The fraction of sp³-hybridized carbons (Fsp3) is 0.389. The van der Waals surface area contributed by atoms with E-state index < -0.39 is 0 Å². The predicted octanol–water partition coefficient (Wildman–Crippen LogP) is 6.52. The van der Waals surface area contributed by atoms with Crippen molar-refractivity contribution in [3.05, 3.63) is 78.3 Å². The minimum Gasteiger partial charge on any atom is -0.494 e. The number of nitrogen functional groups attached to an aromatic ring is 1. The maximum Gasteiger partial charge on any atom is 0.144 e. The van der Waals surface area contributed by atoms with Gasteiger partial charge in [-0.05, 0) is 51.1 Å². The van der Waals surface area contributed by atoms with Crippen molar-refractivity contribution in [1.29, 1.82) is 0 Å². The van der Waals surface area contributed by atoms with Gasteiger partial charge in [-0.3, -0.25) is 4.68 Å². The SMILES string of the molecule is C=C/C(=C(\N=C(Nc1cc(N)c(N(C)CCN(C)C)cc1OC)C(C)CC)c1cn2c3c(cccc13)CCC2)c1ccnn1C. The molecule has 0 amide bonds. The molecule has 0 spiro atoms. The van der Waals surface area contributed by atoms with Gasteiger partial charge in [-0.25, -0.2) is 4.99 Å². The van der Waals surface area contributed by atoms with E-state index >= 15 is 0 Å². The second-order valence-corrected chi connectivity index (χ2v) is 12.2. The number of benzene rings is 2. The number of para-hydroxylation sites is 1. The van der Waals surface area contributed by atoms with Crippen LogP contribution in [0.3, 0.4) is 0 Å². The van der Waals surface area contributed by atoms with E-state index in [0.29, 0.717) is 11.4 Å². The molecule has 5 rings (SSSR count). The van der Waals surface area contributed by atoms with E-state index in [4.69, 9.17) is 15.5 Å². The number of aryl methyl sites for hydroxylation is 3. The van der Waals surface area contributed by atoms with Crippen molar-refractivity contribution in [2.24, 2.45) is 18.0 Å². The monoisotopic (exact) mass is 608 g/mol. The molecule has 0 saturated heterocycles. The summed E-state index contributed by atoms with van der Waals surface area (Å²) in [7, 11) is 9.84. The smallest absolute Gasteiger partial charge is 0.144 e. The topological polar surface area (TPSA) is 88.9 Å². The van der Waals surface area contributed by atoms with Gasteiger partial charge in [0.1, 0.15) is 11.6 Å². The molecule has 4 aromatic rings. The number of hydrogen-bond acceptors (Lipinski definition) is 6. The highest BCUT2D eigenvalue weighted by molar-refractivity contribution is 6.09. The molecule has 1 unspecified atom stereocenters. The van der Waals surface area contributed by atoms with Gasteiger partial charge in [-0.15, -0.1) is 0 Å². The average molecular weight is 609 g/mol. The molecule has 1 aliphatic rings. The summed E-state index contributed by atoms with van der Waals surface area (Å²) in [5.74, 6) is 1.65. The number of hydrogen-bond donors (Lipinski definition) is 2. The molecule has 9 nitrogen and oxygen atoms in total. The summed E-state index contributed by atoms with van der Waals surface area (Å²) in [6.07, 6.45) is 9.07.